The Bertz CT molecular complexity index is 1680. The summed E-state index contributed by atoms with van der Waals surface area (Å²) >= 11 is 0. The quantitative estimate of drug-likeness (QED) is 0.0829. The molecule has 4 aromatic rings. The monoisotopic (exact) mass is 668 g/mol. The van der Waals surface area contributed by atoms with E-state index in [9.17, 15) is 18.0 Å². The summed E-state index contributed by atoms with van der Waals surface area (Å²) in [7, 11) is -4.19. The van der Waals surface area contributed by atoms with Crippen LogP contribution in [0.1, 0.15) is 35.4 Å². The second kappa shape index (κ2) is 16.9. The maximum absolute atomic E-state index is 13.8. The highest BCUT2D eigenvalue weighted by atomic mass is 32.2. The number of sulfonamides is 1. The number of nitrogens with two attached hydrogens (primary N) is 3. The summed E-state index contributed by atoms with van der Waals surface area (Å²) in [5.41, 5.74) is 19.2. The molecule has 0 radical (unpaired) electrons. The maximum Gasteiger partial charge on any atom is 0.241 e. The molecular weight excluding hydrogens is 629 g/mol. The number of aryl methyl sites for hydroxylation is 1. The van der Waals surface area contributed by atoms with Gasteiger partial charge in [-0.25, -0.2) is 8.42 Å². The van der Waals surface area contributed by atoms with Gasteiger partial charge in [0, 0.05) is 17.8 Å². The van der Waals surface area contributed by atoms with Crippen molar-refractivity contribution >= 4 is 65.6 Å². The summed E-state index contributed by atoms with van der Waals surface area (Å²) in [6, 6.07) is 26.3. The fourth-order valence-corrected chi connectivity index (χ4v) is 6.57. The van der Waals surface area contributed by atoms with Gasteiger partial charge in [0.1, 0.15) is 12.1 Å². The third-order valence-electron chi connectivity index (χ3n) is 7.21. The molecule has 0 unspecified atom stereocenters. The smallest absolute Gasteiger partial charge is 0.241 e. The van der Waals surface area contributed by atoms with Crippen molar-refractivity contribution in [3.8, 4) is 0 Å². The van der Waals surface area contributed by atoms with Crippen LogP contribution in [0.4, 0.5) is 0 Å². The van der Waals surface area contributed by atoms with E-state index < -0.39 is 39.8 Å². The topological polar surface area (TPSA) is 183 Å². The molecule has 0 aromatic heterocycles. The van der Waals surface area contributed by atoms with E-state index in [1.54, 1.807) is 18.2 Å². The molecular formula is C32H40N6O4S3. The number of aliphatic imine (C=N–C) groups is 1. The fraction of sp³-hybridized carbons (Fsp3) is 0.219. The molecule has 0 aliphatic heterocycles. The molecule has 8 N–H and O–H groups in total. The molecule has 0 heterocycles. The third kappa shape index (κ3) is 9.47. The Morgan fingerprint density at radius 3 is 1.84 bits per heavy atom. The number of hydrogen-bond donors (Lipinski definition) is 5. The standard InChI is InChI=1S/C32H36N6O4S.2H2S/c1-21-18-19-27(25-16-9-8-15-24(21)25)43(41,42)38-26(17-10-20-36-32(34)35)31(40)37-29(30(33)39)28(22-11-4-2-5-12-22)23-13-6-3-7-14-23;;/h2-9,11-16,18-19,26,28-29,38H,10,17,20H2,1H3,(H2,33,39)(H,37,40)(H4,34,35,36);2*1H2/t26-,29-;;/m0../s1. The van der Waals surface area contributed by atoms with Crippen molar-refractivity contribution < 1.29 is 18.0 Å². The molecule has 240 valence electrons. The molecule has 13 heteroatoms. The van der Waals surface area contributed by atoms with Gasteiger partial charge in [0.05, 0.1) is 4.90 Å². The summed E-state index contributed by atoms with van der Waals surface area (Å²) < 4.78 is 30.1. The zero-order chi connectivity index (χ0) is 31.0. The van der Waals surface area contributed by atoms with Crippen LogP contribution in [0.5, 0.6) is 0 Å². The molecule has 0 spiro atoms. The molecule has 45 heavy (non-hydrogen) atoms. The zero-order valence-corrected chi connectivity index (χ0v) is 27.6. The van der Waals surface area contributed by atoms with Gasteiger partial charge in [-0.15, -0.1) is 0 Å². The molecule has 0 bridgehead atoms. The lowest BCUT2D eigenvalue weighted by atomic mass is 9.84. The Morgan fingerprint density at radius 1 is 0.778 bits per heavy atom. The minimum Gasteiger partial charge on any atom is -0.370 e. The number of fused-ring (bicyclic) bond motifs is 1. The predicted molar refractivity (Wildman–Crippen MR) is 189 cm³/mol. The second-order valence-electron chi connectivity index (χ2n) is 10.2. The van der Waals surface area contributed by atoms with Gasteiger partial charge in [0.2, 0.25) is 21.8 Å². The summed E-state index contributed by atoms with van der Waals surface area (Å²) in [5, 5.41) is 4.06. The van der Waals surface area contributed by atoms with Crippen LogP contribution in [0.3, 0.4) is 0 Å². The Morgan fingerprint density at radius 2 is 1.31 bits per heavy atom. The fourth-order valence-electron chi connectivity index (χ4n) is 5.12. The van der Waals surface area contributed by atoms with Crippen molar-refractivity contribution in [1.29, 1.82) is 0 Å². The SMILES string of the molecule is Cc1ccc(S(=O)(=O)N[C@@H](CCCN=C(N)N)C(=O)N[C@H](C(N)=O)C(c2ccccc2)c2ccccc2)c2ccccc12.S.S. The van der Waals surface area contributed by atoms with E-state index >= 15 is 0 Å². The van der Waals surface area contributed by atoms with Crippen molar-refractivity contribution in [2.75, 3.05) is 6.54 Å². The van der Waals surface area contributed by atoms with Crippen molar-refractivity contribution in [2.24, 2.45) is 22.2 Å². The number of guanidine groups is 1. The van der Waals surface area contributed by atoms with Crippen LogP contribution >= 0.6 is 27.0 Å². The van der Waals surface area contributed by atoms with Gasteiger partial charge < -0.3 is 22.5 Å². The number of amides is 2. The van der Waals surface area contributed by atoms with Gasteiger partial charge in [-0.05, 0) is 47.9 Å². The molecule has 0 aliphatic rings. The van der Waals surface area contributed by atoms with Crippen LogP contribution in [0.25, 0.3) is 10.8 Å². The Kier molecular flexibility index (Phi) is 13.9. The first-order valence-corrected chi connectivity index (χ1v) is 15.3. The van der Waals surface area contributed by atoms with Crippen molar-refractivity contribution in [2.45, 2.75) is 42.7 Å². The average Bonchev–Trinajstić information content (AvgIpc) is 2.99. The molecule has 0 saturated heterocycles. The van der Waals surface area contributed by atoms with E-state index in [1.807, 2.05) is 79.7 Å². The third-order valence-corrected chi connectivity index (χ3v) is 8.74. The van der Waals surface area contributed by atoms with Gasteiger partial charge in [0.25, 0.3) is 0 Å². The molecule has 0 fully saturated rings. The number of rotatable bonds is 13. The van der Waals surface area contributed by atoms with Crippen LogP contribution in [-0.2, 0) is 19.6 Å². The zero-order valence-electron chi connectivity index (χ0n) is 24.8. The maximum atomic E-state index is 13.8. The van der Waals surface area contributed by atoms with E-state index in [-0.39, 0.29) is 57.2 Å². The number of hydrogen-bond acceptors (Lipinski definition) is 5. The molecule has 0 saturated carbocycles. The largest absolute Gasteiger partial charge is 0.370 e. The number of primary amides is 1. The van der Waals surface area contributed by atoms with Crippen molar-refractivity contribution in [3.63, 3.8) is 0 Å². The predicted octanol–water partition coefficient (Wildman–Crippen LogP) is 2.88. The molecule has 2 amide bonds. The van der Waals surface area contributed by atoms with Crippen LogP contribution in [-0.4, -0.2) is 44.8 Å². The number of carbonyl (C=O) groups is 2. The van der Waals surface area contributed by atoms with Gasteiger partial charge >= 0.3 is 0 Å². The summed E-state index contributed by atoms with van der Waals surface area (Å²) in [6.07, 6.45) is 0.341. The molecule has 4 rings (SSSR count). The van der Waals surface area contributed by atoms with Gasteiger partial charge in [-0.1, -0.05) is 91.0 Å². The molecule has 4 aromatic carbocycles. The Labute approximate surface area is 277 Å². The molecule has 0 aliphatic carbocycles. The Hall–Kier alpha value is -4.04. The highest BCUT2D eigenvalue weighted by molar-refractivity contribution is 7.89. The van der Waals surface area contributed by atoms with Crippen LogP contribution in [0, 0.1) is 6.92 Å². The van der Waals surface area contributed by atoms with E-state index in [1.165, 1.54) is 6.07 Å². The highest BCUT2D eigenvalue weighted by Gasteiger charge is 2.34. The number of nitrogens with one attached hydrogen (secondary N) is 2. The first-order chi connectivity index (χ1) is 20.6. The molecule has 10 nitrogen and oxygen atoms in total. The van der Waals surface area contributed by atoms with Crippen LogP contribution in [0.15, 0.2) is 107 Å². The minimum absolute atomic E-state index is 0. The molecule has 2 atom stereocenters. The lowest BCUT2D eigenvalue weighted by Gasteiger charge is -2.28. The average molecular weight is 669 g/mol. The van der Waals surface area contributed by atoms with Gasteiger partial charge in [-0.3, -0.25) is 14.6 Å². The first kappa shape index (κ1) is 37.1. The van der Waals surface area contributed by atoms with E-state index in [0.717, 1.165) is 22.1 Å². The number of carbonyl (C=O) groups excluding carboxylic acids is 2. The van der Waals surface area contributed by atoms with Crippen molar-refractivity contribution in [3.05, 3.63) is 114 Å². The van der Waals surface area contributed by atoms with E-state index in [2.05, 4.69) is 15.0 Å². The summed E-state index contributed by atoms with van der Waals surface area (Å²) in [6.45, 7) is 2.07. The van der Waals surface area contributed by atoms with E-state index in [4.69, 9.17) is 17.2 Å². The number of nitrogens with zero attached hydrogens (tertiary/aromatic N) is 1. The first-order valence-electron chi connectivity index (χ1n) is 13.8. The minimum atomic E-state index is -4.19. The van der Waals surface area contributed by atoms with Gasteiger partial charge in [-0.2, -0.15) is 31.7 Å². The lowest BCUT2D eigenvalue weighted by Crippen LogP contribution is -2.55. The second-order valence-corrected chi connectivity index (χ2v) is 11.9. The lowest BCUT2D eigenvalue weighted by molar-refractivity contribution is -0.128. The van der Waals surface area contributed by atoms with E-state index in [0.29, 0.717) is 5.39 Å². The summed E-state index contributed by atoms with van der Waals surface area (Å²) in [4.78, 5) is 30.7. The highest BCUT2D eigenvalue weighted by Crippen LogP contribution is 2.29. The van der Waals surface area contributed by atoms with Crippen molar-refractivity contribution in [1.82, 2.24) is 10.0 Å². The normalized spacial score (nSPS) is 12.3. The number of benzene rings is 4. The van der Waals surface area contributed by atoms with Crippen LogP contribution in [0.2, 0.25) is 0 Å². The summed E-state index contributed by atoms with van der Waals surface area (Å²) in [5.74, 6) is -2.21. The van der Waals surface area contributed by atoms with Crippen LogP contribution < -0.4 is 27.2 Å². The van der Waals surface area contributed by atoms with Gasteiger partial charge in [0.15, 0.2) is 5.96 Å². The Balaban J connectivity index is 0.00000353.